The van der Waals surface area contributed by atoms with Gasteiger partial charge in [0, 0.05) is 13.1 Å². The Morgan fingerprint density at radius 3 is 2.75 bits per heavy atom. The summed E-state index contributed by atoms with van der Waals surface area (Å²) in [6, 6.07) is 9.40. The number of hydrogen-bond donors (Lipinski definition) is 2. The van der Waals surface area contributed by atoms with Gasteiger partial charge in [-0.3, -0.25) is 4.79 Å². The third-order valence-electron chi connectivity index (χ3n) is 2.26. The van der Waals surface area contributed by atoms with Crippen molar-refractivity contribution in [2.24, 2.45) is 0 Å². The highest BCUT2D eigenvalue weighted by atomic mass is 16.5. The average Bonchev–Trinajstić information content (AvgIpc) is 2.35. The molecule has 4 heteroatoms. The van der Waals surface area contributed by atoms with Crippen LogP contribution in [0.4, 0.5) is 0 Å². The summed E-state index contributed by atoms with van der Waals surface area (Å²) in [7, 11) is 1.36. The Bertz CT molecular complexity index is 313. The van der Waals surface area contributed by atoms with Crippen molar-refractivity contribution < 1.29 is 14.6 Å². The molecule has 0 heterocycles. The highest BCUT2D eigenvalue weighted by molar-refractivity contribution is 5.69. The van der Waals surface area contributed by atoms with Gasteiger partial charge in [0.15, 0.2) is 0 Å². The molecule has 0 aliphatic heterocycles. The van der Waals surface area contributed by atoms with Gasteiger partial charge in [-0.15, -0.1) is 0 Å². The monoisotopic (exact) mass is 223 g/mol. The minimum atomic E-state index is -0.543. The molecule has 1 unspecified atom stereocenters. The zero-order chi connectivity index (χ0) is 11.8. The molecule has 0 aliphatic carbocycles. The molecule has 0 radical (unpaired) electrons. The molecule has 88 valence electrons. The Morgan fingerprint density at radius 1 is 1.44 bits per heavy atom. The summed E-state index contributed by atoms with van der Waals surface area (Å²) in [5.41, 5.74) is 0.869. The van der Waals surface area contributed by atoms with Gasteiger partial charge in [-0.05, 0) is 5.56 Å². The fourth-order valence-electron chi connectivity index (χ4n) is 1.32. The van der Waals surface area contributed by atoms with E-state index in [1.54, 1.807) is 0 Å². The minimum Gasteiger partial charge on any atom is -0.469 e. The second-order valence-electron chi connectivity index (χ2n) is 3.46. The van der Waals surface area contributed by atoms with Crippen LogP contribution in [0.2, 0.25) is 0 Å². The molecule has 1 rings (SSSR count). The summed E-state index contributed by atoms with van der Waals surface area (Å²) < 4.78 is 4.50. The maximum atomic E-state index is 10.8. The summed E-state index contributed by atoms with van der Waals surface area (Å²) in [6.45, 7) is 0.942. The summed E-state index contributed by atoms with van der Waals surface area (Å²) >= 11 is 0. The van der Waals surface area contributed by atoms with Crippen LogP contribution in [0, 0.1) is 0 Å². The fourth-order valence-corrected chi connectivity index (χ4v) is 1.32. The Kier molecular flexibility index (Phi) is 5.53. The topological polar surface area (TPSA) is 58.6 Å². The lowest BCUT2D eigenvalue weighted by Crippen LogP contribution is -2.24. The van der Waals surface area contributed by atoms with Gasteiger partial charge >= 0.3 is 5.97 Å². The molecular weight excluding hydrogens is 206 g/mol. The van der Waals surface area contributed by atoms with Crippen LogP contribution in [0.15, 0.2) is 30.3 Å². The van der Waals surface area contributed by atoms with Crippen LogP contribution in [0.25, 0.3) is 0 Å². The number of ether oxygens (including phenoxy) is 1. The molecule has 0 bridgehead atoms. The summed E-state index contributed by atoms with van der Waals surface area (Å²) in [5.74, 6) is -0.248. The first-order valence-electron chi connectivity index (χ1n) is 5.24. The number of aliphatic hydroxyl groups excluding tert-OH is 1. The Morgan fingerprint density at radius 2 is 2.12 bits per heavy atom. The predicted molar refractivity (Wildman–Crippen MR) is 60.9 cm³/mol. The second kappa shape index (κ2) is 6.98. The van der Waals surface area contributed by atoms with Crippen LogP contribution in [-0.2, 0) is 9.53 Å². The van der Waals surface area contributed by atoms with Gasteiger partial charge in [0.1, 0.15) is 0 Å². The van der Waals surface area contributed by atoms with Crippen LogP contribution in [0.1, 0.15) is 18.1 Å². The Labute approximate surface area is 95.2 Å². The average molecular weight is 223 g/mol. The third-order valence-corrected chi connectivity index (χ3v) is 2.26. The summed E-state index contributed by atoms with van der Waals surface area (Å²) in [5, 5.41) is 12.8. The van der Waals surface area contributed by atoms with Crippen LogP contribution in [0.5, 0.6) is 0 Å². The maximum Gasteiger partial charge on any atom is 0.306 e. The number of methoxy groups -OCH3 is 1. The van der Waals surface area contributed by atoms with E-state index in [1.165, 1.54) is 7.11 Å². The van der Waals surface area contributed by atoms with Crippen molar-refractivity contribution in [1.29, 1.82) is 0 Å². The summed E-state index contributed by atoms with van der Waals surface area (Å²) in [6.07, 6.45) is -0.225. The highest BCUT2D eigenvalue weighted by Gasteiger charge is 2.06. The molecule has 4 nitrogen and oxygen atoms in total. The van der Waals surface area contributed by atoms with Gasteiger partial charge in [-0.1, -0.05) is 30.3 Å². The molecule has 0 aliphatic rings. The van der Waals surface area contributed by atoms with Gasteiger partial charge in [0.2, 0.25) is 0 Å². The van der Waals surface area contributed by atoms with Crippen molar-refractivity contribution >= 4 is 5.97 Å². The van der Waals surface area contributed by atoms with Crippen molar-refractivity contribution in [2.45, 2.75) is 12.5 Å². The minimum absolute atomic E-state index is 0.248. The number of carbonyl (C=O) groups excluding carboxylic acids is 1. The number of nitrogens with one attached hydrogen (secondary N) is 1. The third kappa shape index (κ3) is 4.42. The SMILES string of the molecule is COC(=O)CCNCC(O)c1ccccc1. The molecule has 0 saturated heterocycles. The smallest absolute Gasteiger partial charge is 0.306 e. The molecule has 0 amide bonds. The molecule has 0 aromatic heterocycles. The van der Waals surface area contributed by atoms with Crippen molar-refractivity contribution in [3.63, 3.8) is 0 Å². The quantitative estimate of drug-likeness (QED) is 0.555. The number of carbonyl (C=O) groups is 1. The number of aliphatic hydroxyl groups is 1. The van der Waals surface area contributed by atoms with E-state index in [-0.39, 0.29) is 5.97 Å². The van der Waals surface area contributed by atoms with E-state index in [0.717, 1.165) is 5.56 Å². The maximum absolute atomic E-state index is 10.8. The van der Waals surface area contributed by atoms with E-state index in [4.69, 9.17) is 0 Å². The number of benzene rings is 1. The standard InChI is InChI=1S/C12H17NO3/c1-16-12(15)7-8-13-9-11(14)10-5-3-2-4-6-10/h2-6,11,13-14H,7-9H2,1H3. The van der Waals surface area contributed by atoms with E-state index in [2.05, 4.69) is 10.1 Å². The molecule has 1 atom stereocenters. The van der Waals surface area contributed by atoms with Gasteiger partial charge in [0.05, 0.1) is 19.6 Å². The first-order chi connectivity index (χ1) is 7.74. The first-order valence-corrected chi connectivity index (χ1v) is 5.24. The molecule has 16 heavy (non-hydrogen) atoms. The van der Waals surface area contributed by atoms with Gasteiger partial charge in [-0.25, -0.2) is 0 Å². The molecule has 2 N–H and O–H groups in total. The second-order valence-corrected chi connectivity index (χ2v) is 3.46. The Balaban J connectivity index is 2.21. The van der Waals surface area contributed by atoms with E-state index >= 15 is 0 Å². The normalized spacial score (nSPS) is 12.1. The number of rotatable bonds is 6. The lowest BCUT2D eigenvalue weighted by Gasteiger charge is -2.11. The zero-order valence-corrected chi connectivity index (χ0v) is 9.35. The summed E-state index contributed by atoms with van der Waals surface area (Å²) in [4.78, 5) is 10.8. The molecule has 0 saturated carbocycles. The van der Waals surface area contributed by atoms with E-state index in [0.29, 0.717) is 19.5 Å². The molecular formula is C12H17NO3. The van der Waals surface area contributed by atoms with Gasteiger partial charge < -0.3 is 15.2 Å². The zero-order valence-electron chi connectivity index (χ0n) is 9.35. The van der Waals surface area contributed by atoms with Crippen LogP contribution < -0.4 is 5.32 Å². The molecule has 0 fully saturated rings. The van der Waals surface area contributed by atoms with E-state index in [9.17, 15) is 9.90 Å². The first kappa shape index (κ1) is 12.7. The van der Waals surface area contributed by atoms with Crippen molar-refractivity contribution in [2.75, 3.05) is 20.2 Å². The van der Waals surface area contributed by atoms with Gasteiger partial charge in [0.25, 0.3) is 0 Å². The van der Waals surface area contributed by atoms with Crippen molar-refractivity contribution in [1.82, 2.24) is 5.32 Å². The Hall–Kier alpha value is -1.39. The van der Waals surface area contributed by atoms with E-state index < -0.39 is 6.10 Å². The predicted octanol–water partition coefficient (Wildman–Crippen LogP) is 0.873. The van der Waals surface area contributed by atoms with E-state index in [1.807, 2.05) is 30.3 Å². The molecule has 0 spiro atoms. The molecule has 1 aromatic rings. The molecule has 1 aromatic carbocycles. The largest absolute Gasteiger partial charge is 0.469 e. The fraction of sp³-hybridized carbons (Fsp3) is 0.417. The van der Waals surface area contributed by atoms with Crippen LogP contribution in [0.3, 0.4) is 0 Å². The van der Waals surface area contributed by atoms with Crippen molar-refractivity contribution in [3.05, 3.63) is 35.9 Å². The van der Waals surface area contributed by atoms with Crippen molar-refractivity contribution in [3.8, 4) is 0 Å². The lowest BCUT2D eigenvalue weighted by atomic mass is 10.1. The highest BCUT2D eigenvalue weighted by Crippen LogP contribution is 2.10. The van der Waals surface area contributed by atoms with Crippen LogP contribution >= 0.6 is 0 Å². The number of esters is 1. The van der Waals surface area contributed by atoms with Gasteiger partial charge in [-0.2, -0.15) is 0 Å². The number of hydrogen-bond acceptors (Lipinski definition) is 4. The lowest BCUT2D eigenvalue weighted by molar-refractivity contribution is -0.140. The van der Waals surface area contributed by atoms with Crippen LogP contribution in [-0.4, -0.2) is 31.3 Å².